The van der Waals surface area contributed by atoms with E-state index in [0.717, 1.165) is 23.3 Å². The first-order chi connectivity index (χ1) is 9.81. The van der Waals surface area contributed by atoms with E-state index in [4.69, 9.17) is 9.47 Å². The van der Waals surface area contributed by atoms with Gasteiger partial charge in [0.05, 0.1) is 0 Å². The van der Waals surface area contributed by atoms with Crippen LogP contribution in [0.25, 0.3) is 0 Å². The second-order valence-corrected chi connectivity index (χ2v) is 6.13. The number of nitrogens with one attached hydrogen (secondary N) is 1. The fraction of sp³-hybridized carbons (Fsp3) is 0.529. The molecule has 0 spiro atoms. The Morgan fingerprint density at radius 3 is 2.90 bits per heavy atom. The molecule has 106 valence electrons. The standard InChI is InChI=1S/C17H21NO2/c1-11(18-15-9-13-3-2-4-14(13)15)12-5-6-16-17(10-12)20-8-7-19-16/h2,4-6,10-11,13-15,18H,3,7-9H2,1H3/t11-,13+,14-,15+/m0/s1. The van der Waals surface area contributed by atoms with E-state index in [9.17, 15) is 0 Å². The molecule has 0 amide bonds. The Balaban J connectivity index is 1.45. The molecule has 20 heavy (non-hydrogen) atoms. The third kappa shape index (κ3) is 2.01. The van der Waals surface area contributed by atoms with Crippen molar-refractivity contribution in [1.29, 1.82) is 0 Å². The molecule has 3 heteroatoms. The SMILES string of the molecule is C[C@H](N[C@@H]1C[C@H]2CC=C[C@@H]21)c1ccc2c(c1)OCCO2. The minimum absolute atomic E-state index is 0.353. The summed E-state index contributed by atoms with van der Waals surface area (Å²) in [5.41, 5.74) is 1.28. The van der Waals surface area contributed by atoms with Gasteiger partial charge in [-0.2, -0.15) is 0 Å². The van der Waals surface area contributed by atoms with Gasteiger partial charge in [-0.05, 0) is 49.3 Å². The predicted molar refractivity (Wildman–Crippen MR) is 78.1 cm³/mol. The lowest BCUT2D eigenvalue weighted by atomic mass is 9.71. The Morgan fingerprint density at radius 2 is 2.05 bits per heavy atom. The first kappa shape index (κ1) is 12.3. The van der Waals surface area contributed by atoms with Crippen LogP contribution in [-0.2, 0) is 0 Å². The second kappa shape index (κ2) is 4.81. The van der Waals surface area contributed by atoms with Crippen molar-refractivity contribution in [2.45, 2.75) is 31.8 Å². The summed E-state index contributed by atoms with van der Waals surface area (Å²) < 4.78 is 11.2. The van der Waals surface area contributed by atoms with Crippen LogP contribution in [0.2, 0.25) is 0 Å². The van der Waals surface area contributed by atoms with E-state index in [1.807, 2.05) is 6.07 Å². The van der Waals surface area contributed by atoms with Crippen molar-refractivity contribution in [3.05, 3.63) is 35.9 Å². The molecule has 3 nitrogen and oxygen atoms in total. The molecule has 1 aromatic carbocycles. The zero-order valence-corrected chi connectivity index (χ0v) is 11.8. The summed E-state index contributed by atoms with van der Waals surface area (Å²) >= 11 is 0. The molecule has 1 fully saturated rings. The van der Waals surface area contributed by atoms with E-state index in [1.54, 1.807) is 0 Å². The van der Waals surface area contributed by atoms with Crippen molar-refractivity contribution in [2.24, 2.45) is 11.8 Å². The number of hydrogen-bond acceptors (Lipinski definition) is 3. The molecule has 2 aliphatic carbocycles. The molecule has 0 bridgehead atoms. The zero-order valence-electron chi connectivity index (χ0n) is 11.8. The molecule has 1 N–H and O–H groups in total. The third-order valence-electron chi connectivity index (χ3n) is 4.89. The van der Waals surface area contributed by atoms with E-state index in [0.29, 0.717) is 25.3 Å². The Bertz CT molecular complexity index is 540. The second-order valence-electron chi connectivity index (χ2n) is 6.13. The van der Waals surface area contributed by atoms with Crippen LogP contribution < -0.4 is 14.8 Å². The fourth-order valence-electron chi connectivity index (χ4n) is 3.65. The van der Waals surface area contributed by atoms with E-state index < -0.39 is 0 Å². The van der Waals surface area contributed by atoms with Gasteiger partial charge in [0, 0.05) is 12.1 Å². The molecule has 0 aromatic heterocycles. The number of benzene rings is 1. The maximum absolute atomic E-state index is 5.66. The molecule has 0 radical (unpaired) electrons. The summed E-state index contributed by atoms with van der Waals surface area (Å²) in [5, 5.41) is 3.76. The lowest BCUT2D eigenvalue weighted by molar-refractivity contribution is 0.152. The Labute approximate surface area is 120 Å². The van der Waals surface area contributed by atoms with Gasteiger partial charge in [0.1, 0.15) is 13.2 Å². The van der Waals surface area contributed by atoms with Gasteiger partial charge in [-0.3, -0.25) is 0 Å². The van der Waals surface area contributed by atoms with Crippen molar-refractivity contribution in [1.82, 2.24) is 5.32 Å². The summed E-state index contributed by atoms with van der Waals surface area (Å²) in [6, 6.07) is 7.28. The fourth-order valence-corrected chi connectivity index (χ4v) is 3.65. The third-order valence-corrected chi connectivity index (χ3v) is 4.89. The minimum atomic E-state index is 0.353. The average Bonchev–Trinajstić information content (AvgIpc) is 2.85. The van der Waals surface area contributed by atoms with Crippen LogP contribution >= 0.6 is 0 Å². The topological polar surface area (TPSA) is 30.5 Å². The highest BCUT2D eigenvalue weighted by atomic mass is 16.6. The number of fused-ring (bicyclic) bond motifs is 2. The predicted octanol–water partition coefficient (Wildman–Crippen LogP) is 3.07. The molecule has 0 unspecified atom stereocenters. The number of hydrogen-bond donors (Lipinski definition) is 1. The van der Waals surface area contributed by atoms with Crippen LogP contribution in [0.15, 0.2) is 30.4 Å². The van der Waals surface area contributed by atoms with Gasteiger partial charge in [0.2, 0.25) is 0 Å². The van der Waals surface area contributed by atoms with E-state index in [2.05, 4.69) is 36.5 Å². The van der Waals surface area contributed by atoms with Crippen molar-refractivity contribution in [2.75, 3.05) is 13.2 Å². The quantitative estimate of drug-likeness (QED) is 0.857. The van der Waals surface area contributed by atoms with Crippen LogP contribution in [0.5, 0.6) is 11.5 Å². The van der Waals surface area contributed by atoms with Crippen molar-refractivity contribution < 1.29 is 9.47 Å². The molecule has 1 aliphatic heterocycles. The molecular formula is C17H21NO2. The average molecular weight is 271 g/mol. The van der Waals surface area contributed by atoms with E-state index in [1.165, 1.54) is 18.4 Å². The summed E-state index contributed by atoms with van der Waals surface area (Å²) in [7, 11) is 0. The Morgan fingerprint density at radius 1 is 1.20 bits per heavy atom. The molecule has 4 atom stereocenters. The number of allylic oxidation sites excluding steroid dienone is 1. The Kier molecular flexibility index (Phi) is 2.95. The highest BCUT2D eigenvalue weighted by Crippen LogP contribution is 2.43. The molecule has 1 aromatic rings. The summed E-state index contributed by atoms with van der Waals surface area (Å²) in [6.07, 6.45) is 7.32. The van der Waals surface area contributed by atoms with Crippen LogP contribution in [-0.4, -0.2) is 19.3 Å². The van der Waals surface area contributed by atoms with Crippen LogP contribution in [0.4, 0.5) is 0 Å². The first-order valence-corrected chi connectivity index (χ1v) is 7.63. The van der Waals surface area contributed by atoms with Gasteiger partial charge in [0.15, 0.2) is 11.5 Å². The van der Waals surface area contributed by atoms with Crippen molar-refractivity contribution in [3.63, 3.8) is 0 Å². The number of ether oxygens (including phenoxy) is 2. The largest absolute Gasteiger partial charge is 0.486 e. The first-order valence-electron chi connectivity index (χ1n) is 7.63. The molecule has 3 aliphatic rings. The lowest BCUT2D eigenvalue weighted by Crippen LogP contribution is -2.48. The monoisotopic (exact) mass is 271 g/mol. The molecule has 1 heterocycles. The summed E-state index contributed by atoms with van der Waals surface area (Å²) in [4.78, 5) is 0. The van der Waals surface area contributed by atoms with Crippen LogP contribution in [0.1, 0.15) is 31.4 Å². The van der Waals surface area contributed by atoms with Crippen molar-refractivity contribution >= 4 is 0 Å². The van der Waals surface area contributed by atoms with Crippen LogP contribution in [0, 0.1) is 11.8 Å². The molecular weight excluding hydrogens is 250 g/mol. The van der Waals surface area contributed by atoms with Crippen LogP contribution in [0.3, 0.4) is 0 Å². The summed E-state index contributed by atoms with van der Waals surface area (Å²) in [6.45, 7) is 3.53. The zero-order chi connectivity index (χ0) is 13.5. The lowest BCUT2D eigenvalue weighted by Gasteiger charge is -2.42. The molecule has 1 saturated carbocycles. The Hall–Kier alpha value is -1.48. The smallest absolute Gasteiger partial charge is 0.161 e. The maximum Gasteiger partial charge on any atom is 0.161 e. The minimum Gasteiger partial charge on any atom is -0.486 e. The highest BCUT2D eigenvalue weighted by molar-refractivity contribution is 5.44. The van der Waals surface area contributed by atoms with Gasteiger partial charge in [-0.15, -0.1) is 0 Å². The van der Waals surface area contributed by atoms with Gasteiger partial charge >= 0.3 is 0 Å². The van der Waals surface area contributed by atoms with E-state index in [-0.39, 0.29) is 0 Å². The number of rotatable bonds is 3. The van der Waals surface area contributed by atoms with Gasteiger partial charge < -0.3 is 14.8 Å². The maximum atomic E-state index is 5.66. The summed E-state index contributed by atoms with van der Waals surface area (Å²) in [5.74, 6) is 3.42. The van der Waals surface area contributed by atoms with Gasteiger partial charge in [-0.25, -0.2) is 0 Å². The van der Waals surface area contributed by atoms with Gasteiger partial charge in [-0.1, -0.05) is 18.2 Å². The highest BCUT2D eigenvalue weighted by Gasteiger charge is 2.41. The van der Waals surface area contributed by atoms with Gasteiger partial charge in [0.25, 0.3) is 0 Å². The molecule has 0 saturated heterocycles. The molecule has 4 rings (SSSR count). The van der Waals surface area contributed by atoms with E-state index >= 15 is 0 Å². The normalized spacial score (nSPS) is 31.6. The van der Waals surface area contributed by atoms with Crippen molar-refractivity contribution in [3.8, 4) is 11.5 Å².